The largest absolute Gasteiger partial charge is 0.487 e. The van der Waals surface area contributed by atoms with Crippen LogP contribution in [0.2, 0.25) is 5.02 Å². The minimum Gasteiger partial charge on any atom is -0.487 e. The average Bonchev–Trinajstić information content (AvgIpc) is 2.24. The SMILES string of the molecule is CC1CCNCC1Oc1ccncc1Cl. The highest BCUT2D eigenvalue weighted by atomic mass is 35.5. The van der Waals surface area contributed by atoms with Gasteiger partial charge in [0, 0.05) is 25.0 Å². The fourth-order valence-electron chi connectivity index (χ4n) is 1.74. The first-order chi connectivity index (χ1) is 7.27. The van der Waals surface area contributed by atoms with Crippen LogP contribution in [-0.2, 0) is 0 Å². The summed E-state index contributed by atoms with van der Waals surface area (Å²) in [6.07, 6.45) is 4.66. The third-order valence-electron chi connectivity index (χ3n) is 2.77. The molecule has 2 unspecified atom stereocenters. The van der Waals surface area contributed by atoms with Gasteiger partial charge < -0.3 is 10.1 Å². The molecule has 3 nitrogen and oxygen atoms in total. The van der Waals surface area contributed by atoms with Gasteiger partial charge in [-0.3, -0.25) is 4.98 Å². The topological polar surface area (TPSA) is 34.1 Å². The molecule has 0 aliphatic carbocycles. The number of hydrogen-bond donors (Lipinski definition) is 1. The number of hydrogen-bond acceptors (Lipinski definition) is 3. The van der Waals surface area contributed by atoms with Gasteiger partial charge in [0.1, 0.15) is 16.9 Å². The van der Waals surface area contributed by atoms with Gasteiger partial charge in [0.2, 0.25) is 0 Å². The van der Waals surface area contributed by atoms with Gasteiger partial charge in [0.15, 0.2) is 0 Å². The van der Waals surface area contributed by atoms with E-state index < -0.39 is 0 Å². The van der Waals surface area contributed by atoms with E-state index in [1.54, 1.807) is 12.4 Å². The molecule has 1 aromatic heterocycles. The van der Waals surface area contributed by atoms with Crippen molar-refractivity contribution >= 4 is 11.6 Å². The zero-order valence-corrected chi connectivity index (χ0v) is 9.50. The minimum absolute atomic E-state index is 0.207. The summed E-state index contributed by atoms with van der Waals surface area (Å²) >= 11 is 5.98. The minimum atomic E-state index is 0.207. The number of aromatic nitrogens is 1. The van der Waals surface area contributed by atoms with E-state index in [9.17, 15) is 0 Å². The molecule has 1 aliphatic rings. The first-order valence-corrected chi connectivity index (χ1v) is 5.62. The maximum atomic E-state index is 5.98. The second kappa shape index (κ2) is 4.81. The van der Waals surface area contributed by atoms with Crippen LogP contribution >= 0.6 is 11.6 Å². The highest BCUT2D eigenvalue weighted by molar-refractivity contribution is 6.31. The zero-order valence-electron chi connectivity index (χ0n) is 8.74. The van der Waals surface area contributed by atoms with E-state index in [2.05, 4.69) is 17.2 Å². The number of rotatable bonds is 2. The van der Waals surface area contributed by atoms with E-state index in [0.717, 1.165) is 25.3 Å². The molecule has 1 aromatic rings. The Kier molecular flexibility index (Phi) is 3.44. The van der Waals surface area contributed by atoms with Crippen LogP contribution in [0.15, 0.2) is 18.5 Å². The molecule has 0 amide bonds. The molecule has 1 N–H and O–H groups in total. The van der Waals surface area contributed by atoms with Crippen LogP contribution in [-0.4, -0.2) is 24.2 Å². The van der Waals surface area contributed by atoms with E-state index in [0.29, 0.717) is 10.9 Å². The number of piperidine rings is 1. The van der Waals surface area contributed by atoms with E-state index in [-0.39, 0.29) is 6.10 Å². The van der Waals surface area contributed by atoms with Crippen molar-refractivity contribution in [2.24, 2.45) is 5.92 Å². The summed E-state index contributed by atoms with van der Waals surface area (Å²) in [4.78, 5) is 3.93. The van der Waals surface area contributed by atoms with Crippen molar-refractivity contribution in [2.45, 2.75) is 19.4 Å². The number of nitrogens with zero attached hydrogens (tertiary/aromatic N) is 1. The summed E-state index contributed by atoms with van der Waals surface area (Å²) in [5.74, 6) is 1.29. The highest BCUT2D eigenvalue weighted by Crippen LogP contribution is 2.26. The molecule has 15 heavy (non-hydrogen) atoms. The molecule has 0 spiro atoms. The van der Waals surface area contributed by atoms with Crippen molar-refractivity contribution in [1.82, 2.24) is 10.3 Å². The molecule has 2 atom stereocenters. The maximum Gasteiger partial charge on any atom is 0.141 e. The van der Waals surface area contributed by atoms with Crippen LogP contribution in [0.4, 0.5) is 0 Å². The van der Waals surface area contributed by atoms with E-state index in [1.165, 1.54) is 0 Å². The summed E-state index contributed by atoms with van der Waals surface area (Å²) in [7, 11) is 0. The Morgan fingerprint density at radius 2 is 2.47 bits per heavy atom. The van der Waals surface area contributed by atoms with Gasteiger partial charge >= 0.3 is 0 Å². The Morgan fingerprint density at radius 3 is 3.20 bits per heavy atom. The highest BCUT2D eigenvalue weighted by Gasteiger charge is 2.23. The third kappa shape index (κ3) is 2.61. The molecule has 82 valence electrons. The van der Waals surface area contributed by atoms with E-state index in [1.807, 2.05) is 6.07 Å². The van der Waals surface area contributed by atoms with Gasteiger partial charge in [-0.1, -0.05) is 18.5 Å². The maximum absolute atomic E-state index is 5.98. The Bertz CT molecular complexity index is 332. The van der Waals surface area contributed by atoms with E-state index >= 15 is 0 Å². The third-order valence-corrected chi connectivity index (χ3v) is 3.05. The standard InChI is InChI=1S/C11H15ClN2O/c1-8-2-4-14-7-11(8)15-10-3-5-13-6-9(10)12/h3,5-6,8,11,14H,2,4,7H2,1H3. The lowest BCUT2D eigenvalue weighted by molar-refractivity contribution is 0.115. The number of ether oxygens (including phenoxy) is 1. The zero-order chi connectivity index (χ0) is 10.7. The second-order valence-corrected chi connectivity index (χ2v) is 4.34. The molecule has 0 bridgehead atoms. The molecule has 1 saturated heterocycles. The fraction of sp³-hybridized carbons (Fsp3) is 0.545. The molecule has 4 heteroatoms. The van der Waals surface area contributed by atoms with E-state index in [4.69, 9.17) is 16.3 Å². The summed E-state index contributed by atoms with van der Waals surface area (Å²) < 4.78 is 5.86. The Labute approximate surface area is 94.8 Å². The molecule has 0 aromatic carbocycles. The van der Waals surface area contributed by atoms with Crippen molar-refractivity contribution in [3.05, 3.63) is 23.5 Å². The molecule has 1 aliphatic heterocycles. The van der Waals surface area contributed by atoms with Crippen molar-refractivity contribution in [2.75, 3.05) is 13.1 Å². The molecular formula is C11H15ClN2O. The smallest absolute Gasteiger partial charge is 0.141 e. The first-order valence-electron chi connectivity index (χ1n) is 5.24. The van der Waals surface area contributed by atoms with Crippen LogP contribution in [0.5, 0.6) is 5.75 Å². The molecule has 0 saturated carbocycles. The molecule has 2 heterocycles. The first kappa shape index (κ1) is 10.7. The predicted molar refractivity (Wildman–Crippen MR) is 60.3 cm³/mol. The summed E-state index contributed by atoms with van der Waals surface area (Å²) in [6, 6.07) is 1.81. The van der Waals surface area contributed by atoms with Gasteiger partial charge in [-0.25, -0.2) is 0 Å². The van der Waals surface area contributed by atoms with Crippen molar-refractivity contribution in [3.8, 4) is 5.75 Å². The fourth-order valence-corrected chi connectivity index (χ4v) is 1.90. The lowest BCUT2D eigenvalue weighted by atomic mass is 9.97. The monoisotopic (exact) mass is 226 g/mol. The number of nitrogens with one attached hydrogen (secondary N) is 1. The lowest BCUT2D eigenvalue weighted by Crippen LogP contribution is -2.42. The molecule has 0 radical (unpaired) electrons. The normalized spacial score (nSPS) is 26.3. The average molecular weight is 227 g/mol. The predicted octanol–water partition coefficient (Wildman–Crippen LogP) is 2.11. The van der Waals surface area contributed by atoms with Gasteiger partial charge in [0.25, 0.3) is 0 Å². The quantitative estimate of drug-likeness (QED) is 0.839. The molecule has 1 fully saturated rings. The van der Waals surface area contributed by atoms with Gasteiger partial charge in [0.05, 0.1) is 0 Å². The molecule has 2 rings (SSSR count). The Hall–Kier alpha value is -0.800. The number of pyridine rings is 1. The van der Waals surface area contributed by atoms with Crippen molar-refractivity contribution < 1.29 is 4.74 Å². The van der Waals surface area contributed by atoms with Crippen LogP contribution < -0.4 is 10.1 Å². The van der Waals surface area contributed by atoms with Gasteiger partial charge in [-0.05, 0) is 18.9 Å². The van der Waals surface area contributed by atoms with Crippen LogP contribution in [0.1, 0.15) is 13.3 Å². The van der Waals surface area contributed by atoms with Gasteiger partial charge in [-0.2, -0.15) is 0 Å². The number of halogens is 1. The van der Waals surface area contributed by atoms with Crippen LogP contribution in [0.3, 0.4) is 0 Å². The summed E-state index contributed by atoms with van der Waals surface area (Å²) in [5.41, 5.74) is 0. The van der Waals surface area contributed by atoms with Crippen molar-refractivity contribution in [1.29, 1.82) is 0 Å². The van der Waals surface area contributed by atoms with Crippen molar-refractivity contribution in [3.63, 3.8) is 0 Å². The Balaban J connectivity index is 2.04. The van der Waals surface area contributed by atoms with Crippen LogP contribution in [0, 0.1) is 5.92 Å². The van der Waals surface area contributed by atoms with Crippen LogP contribution in [0.25, 0.3) is 0 Å². The Morgan fingerprint density at radius 1 is 1.60 bits per heavy atom. The summed E-state index contributed by atoms with van der Waals surface area (Å²) in [5, 5.41) is 3.90. The van der Waals surface area contributed by atoms with Gasteiger partial charge in [-0.15, -0.1) is 0 Å². The second-order valence-electron chi connectivity index (χ2n) is 3.93. The molecular weight excluding hydrogens is 212 g/mol. The summed E-state index contributed by atoms with van der Waals surface area (Å²) in [6.45, 7) is 4.17. The lowest BCUT2D eigenvalue weighted by Gasteiger charge is -2.30.